The maximum Gasteiger partial charge on any atom is 0.416 e. The van der Waals surface area contributed by atoms with Crippen molar-refractivity contribution in [2.75, 3.05) is 4.31 Å². The Bertz CT molecular complexity index is 1140. The average Bonchev–Trinajstić information content (AvgIpc) is 3.42. The summed E-state index contributed by atoms with van der Waals surface area (Å²) >= 11 is 0. The van der Waals surface area contributed by atoms with E-state index in [1.165, 1.54) is 41.3 Å². The van der Waals surface area contributed by atoms with Crippen LogP contribution in [0.4, 0.5) is 18.9 Å². The quantitative estimate of drug-likeness (QED) is 0.588. The molecule has 0 spiro atoms. The Morgan fingerprint density at radius 3 is 2.50 bits per heavy atom. The molecule has 2 aromatic carbocycles. The third-order valence-corrected chi connectivity index (χ3v) is 7.00. The molecule has 0 aliphatic heterocycles. The highest BCUT2D eigenvalue weighted by molar-refractivity contribution is 7.92. The highest BCUT2D eigenvalue weighted by Gasteiger charge is 2.40. The molecule has 1 saturated carbocycles. The Kier molecular flexibility index (Phi) is 5.00. The number of benzene rings is 2. The van der Waals surface area contributed by atoms with Crippen LogP contribution in [0.25, 0.3) is 5.69 Å². The average molecular weight is 437 g/mol. The van der Waals surface area contributed by atoms with Gasteiger partial charge >= 0.3 is 6.18 Å². The van der Waals surface area contributed by atoms with Gasteiger partial charge in [0.25, 0.3) is 10.0 Å². The summed E-state index contributed by atoms with van der Waals surface area (Å²) in [5.74, 6) is 0.0945. The molecule has 30 heavy (non-hydrogen) atoms. The molecule has 0 radical (unpaired) electrons. The number of alkyl halides is 3. The number of hydrogen-bond acceptors (Lipinski definition) is 5. The fraction of sp³-hybridized carbons (Fsp3) is 0.316. The molecule has 1 heterocycles. The normalized spacial score (nSPS) is 15.7. The van der Waals surface area contributed by atoms with E-state index in [2.05, 4.69) is 15.5 Å². The van der Waals surface area contributed by atoms with E-state index in [1.54, 1.807) is 13.0 Å². The molecule has 0 N–H and O–H groups in total. The Hall–Kier alpha value is -2.95. The minimum atomic E-state index is -4.58. The van der Waals surface area contributed by atoms with Gasteiger partial charge in [-0.3, -0.25) is 4.31 Å². The fourth-order valence-corrected chi connectivity index (χ4v) is 5.11. The van der Waals surface area contributed by atoms with Gasteiger partial charge in [0.2, 0.25) is 0 Å². The van der Waals surface area contributed by atoms with E-state index in [0.29, 0.717) is 5.69 Å². The Morgan fingerprint density at radius 1 is 1.13 bits per heavy atom. The molecule has 0 unspecified atom stereocenters. The lowest BCUT2D eigenvalue weighted by molar-refractivity contribution is -0.137. The Balaban J connectivity index is 1.81. The van der Waals surface area contributed by atoms with Crippen LogP contribution >= 0.6 is 0 Å². The third-order valence-electron chi connectivity index (χ3n) is 5.09. The monoisotopic (exact) mass is 437 g/mol. The molecular weight excluding hydrogens is 419 g/mol. The Labute approximate surface area is 171 Å². The molecule has 0 amide bonds. The van der Waals surface area contributed by atoms with Crippen molar-refractivity contribution in [2.24, 2.45) is 5.92 Å². The number of rotatable bonds is 6. The number of sulfonamides is 1. The molecule has 1 atom stereocenters. The summed E-state index contributed by atoms with van der Waals surface area (Å²) in [5.41, 5.74) is -0.494. The fourth-order valence-electron chi connectivity index (χ4n) is 3.36. The lowest BCUT2D eigenvalue weighted by Gasteiger charge is -2.31. The molecule has 7 nitrogen and oxygen atoms in total. The number of anilines is 1. The summed E-state index contributed by atoms with van der Waals surface area (Å²) < 4.78 is 69.3. The summed E-state index contributed by atoms with van der Waals surface area (Å²) in [6.07, 6.45) is -1.59. The number of aromatic nitrogens is 4. The number of tetrazole rings is 1. The molecule has 158 valence electrons. The number of hydrogen-bond donors (Lipinski definition) is 0. The topological polar surface area (TPSA) is 81.0 Å². The molecule has 11 heteroatoms. The summed E-state index contributed by atoms with van der Waals surface area (Å²) in [5, 5.41) is 10.8. The van der Waals surface area contributed by atoms with Gasteiger partial charge in [-0.15, -0.1) is 5.10 Å². The maximum absolute atomic E-state index is 13.6. The summed E-state index contributed by atoms with van der Waals surface area (Å²) in [6.45, 7) is 1.72. The second kappa shape index (κ2) is 7.38. The van der Waals surface area contributed by atoms with Crippen LogP contribution in [0.5, 0.6) is 0 Å². The first-order chi connectivity index (χ1) is 14.2. The standard InChI is InChI=1S/C19H18F3N5O2S/c1-13(14-8-9-14)27(17-6-2-4-15(10-17)19(20,21)22)30(28,29)18-7-3-5-16(11-18)26-12-23-24-25-26/h2-7,10-14H,8-9H2,1H3/t13-/m1/s1. The molecule has 1 fully saturated rings. The highest BCUT2D eigenvalue weighted by Crippen LogP contribution is 2.41. The first-order valence-electron chi connectivity index (χ1n) is 9.23. The van der Waals surface area contributed by atoms with E-state index < -0.39 is 27.8 Å². The van der Waals surface area contributed by atoms with Crippen LogP contribution in [0.1, 0.15) is 25.3 Å². The van der Waals surface area contributed by atoms with Gasteiger partial charge in [0.05, 0.1) is 21.8 Å². The molecule has 0 saturated heterocycles. The van der Waals surface area contributed by atoms with Crippen molar-refractivity contribution in [2.45, 2.75) is 36.9 Å². The van der Waals surface area contributed by atoms with Gasteiger partial charge in [0.1, 0.15) is 6.33 Å². The van der Waals surface area contributed by atoms with Crippen LogP contribution in [0.15, 0.2) is 59.8 Å². The van der Waals surface area contributed by atoms with Crippen molar-refractivity contribution in [1.29, 1.82) is 0 Å². The van der Waals surface area contributed by atoms with Gasteiger partial charge in [-0.2, -0.15) is 13.2 Å². The van der Waals surface area contributed by atoms with E-state index in [4.69, 9.17) is 0 Å². The van der Waals surface area contributed by atoms with Gasteiger partial charge < -0.3 is 0 Å². The van der Waals surface area contributed by atoms with Crippen molar-refractivity contribution in [3.8, 4) is 5.69 Å². The SMILES string of the molecule is C[C@H](C1CC1)N(c1cccc(C(F)(F)F)c1)S(=O)(=O)c1cccc(-n2cnnn2)c1. The van der Waals surface area contributed by atoms with Crippen LogP contribution in [0.2, 0.25) is 0 Å². The van der Waals surface area contributed by atoms with Crippen LogP contribution < -0.4 is 4.31 Å². The second-order valence-electron chi connectivity index (χ2n) is 7.18. The molecule has 4 rings (SSSR count). The summed E-state index contributed by atoms with van der Waals surface area (Å²) in [6, 6.07) is 9.89. The minimum Gasteiger partial charge on any atom is -0.263 e. The van der Waals surface area contributed by atoms with Crippen LogP contribution in [-0.4, -0.2) is 34.7 Å². The zero-order valence-electron chi connectivity index (χ0n) is 15.9. The number of nitrogens with zero attached hydrogens (tertiary/aromatic N) is 5. The third kappa shape index (κ3) is 3.89. The van der Waals surface area contributed by atoms with Crippen molar-refractivity contribution >= 4 is 15.7 Å². The minimum absolute atomic E-state index is 0.0166. The lowest BCUT2D eigenvalue weighted by atomic mass is 10.1. The first kappa shape index (κ1) is 20.3. The van der Waals surface area contributed by atoms with E-state index in [-0.39, 0.29) is 16.5 Å². The molecule has 1 aliphatic rings. The van der Waals surface area contributed by atoms with Gasteiger partial charge in [0.15, 0.2) is 0 Å². The second-order valence-corrected chi connectivity index (χ2v) is 8.99. The molecule has 3 aromatic rings. The van der Waals surface area contributed by atoms with E-state index in [1.807, 2.05) is 0 Å². The Morgan fingerprint density at radius 2 is 1.87 bits per heavy atom. The molecule has 0 bridgehead atoms. The van der Waals surface area contributed by atoms with E-state index in [0.717, 1.165) is 29.3 Å². The van der Waals surface area contributed by atoms with Crippen molar-refractivity contribution in [3.63, 3.8) is 0 Å². The smallest absolute Gasteiger partial charge is 0.263 e. The van der Waals surface area contributed by atoms with Gasteiger partial charge in [0, 0.05) is 6.04 Å². The van der Waals surface area contributed by atoms with Gasteiger partial charge in [-0.25, -0.2) is 13.1 Å². The van der Waals surface area contributed by atoms with E-state index in [9.17, 15) is 21.6 Å². The van der Waals surface area contributed by atoms with E-state index >= 15 is 0 Å². The molecule has 1 aliphatic carbocycles. The van der Waals surface area contributed by atoms with Crippen LogP contribution in [0.3, 0.4) is 0 Å². The van der Waals surface area contributed by atoms with Gasteiger partial charge in [-0.1, -0.05) is 12.1 Å². The van der Waals surface area contributed by atoms with Crippen LogP contribution in [0, 0.1) is 5.92 Å². The first-order valence-corrected chi connectivity index (χ1v) is 10.7. The van der Waals surface area contributed by atoms with Crippen molar-refractivity contribution < 1.29 is 21.6 Å². The maximum atomic E-state index is 13.6. The summed E-state index contributed by atoms with van der Waals surface area (Å²) in [7, 11) is -4.15. The van der Waals surface area contributed by atoms with Crippen LogP contribution in [-0.2, 0) is 16.2 Å². The molecular formula is C19H18F3N5O2S. The predicted octanol–water partition coefficient (Wildman–Crippen LogP) is 3.67. The zero-order chi connectivity index (χ0) is 21.5. The van der Waals surface area contributed by atoms with Crippen molar-refractivity contribution in [1.82, 2.24) is 20.2 Å². The zero-order valence-corrected chi connectivity index (χ0v) is 16.7. The molecule has 1 aromatic heterocycles. The van der Waals surface area contributed by atoms with Crippen molar-refractivity contribution in [3.05, 3.63) is 60.4 Å². The van der Waals surface area contributed by atoms with Gasteiger partial charge in [-0.05, 0) is 72.5 Å². The number of halogens is 3. The highest BCUT2D eigenvalue weighted by atomic mass is 32.2. The predicted molar refractivity (Wildman–Crippen MR) is 102 cm³/mol. The lowest BCUT2D eigenvalue weighted by Crippen LogP contribution is -2.40. The summed E-state index contributed by atoms with van der Waals surface area (Å²) in [4.78, 5) is -0.0552. The largest absolute Gasteiger partial charge is 0.416 e.